The number of rotatable bonds is 6. The van der Waals surface area contributed by atoms with Gasteiger partial charge in [-0.15, -0.1) is 0 Å². The van der Waals surface area contributed by atoms with Crippen molar-refractivity contribution in [2.45, 2.75) is 19.6 Å². The number of hydrogen-bond donors (Lipinski definition) is 1. The van der Waals surface area contributed by atoms with Crippen molar-refractivity contribution < 1.29 is 4.79 Å². The van der Waals surface area contributed by atoms with Crippen molar-refractivity contribution in [2.75, 3.05) is 5.75 Å². The minimum Gasteiger partial charge on any atom is -0.274 e. The molecule has 1 amide bonds. The first-order valence-corrected chi connectivity index (χ1v) is 8.90. The van der Waals surface area contributed by atoms with E-state index in [9.17, 15) is 4.79 Å². The van der Waals surface area contributed by atoms with E-state index in [1.54, 1.807) is 0 Å². The van der Waals surface area contributed by atoms with Crippen molar-refractivity contribution in [3.63, 3.8) is 0 Å². The first kappa shape index (κ1) is 17.6. The zero-order valence-electron chi connectivity index (χ0n) is 13.2. The molecule has 23 heavy (non-hydrogen) atoms. The van der Waals surface area contributed by atoms with Crippen LogP contribution in [0.1, 0.15) is 30.5 Å². The van der Waals surface area contributed by atoms with Crippen molar-refractivity contribution in [2.24, 2.45) is 5.10 Å². The van der Waals surface area contributed by atoms with Crippen molar-refractivity contribution in [3.05, 3.63) is 70.2 Å². The van der Waals surface area contributed by atoms with E-state index < -0.39 is 0 Å². The Morgan fingerprint density at radius 1 is 1.09 bits per heavy atom. The Morgan fingerprint density at radius 3 is 2.17 bits per heavy atom. The Labute approximate surface area is 146 Å². The molecular formula is C18H19ClN2OS. The Morgan fingerprint density at radius 2 is 1.65 bits per heavy atom. The molecule has 3 nitrogen and oxygen atoms in total. The van der Waals surface area contributed by atoms with Gasteiger partial charge in [-0.1, -0.05) is 54.9 Å². The number of hydrogen-bond acceptors (Lipinski definition) is 3. The van der Waals surface area contributed by atoms with Crippen molar-refractivity contribution in [1.29, 1.82) is 0 Å². The minimum absolute atomic E-state index is 0.201. The van der Waals surface area contributed by atoms with E-state index >= 15 is 0 Å². The fourth-order valence-electron chi connectivity index (χ4n) is 2.02. The van der Waals surface area contributed by atoms with Crippen LogP contribution in [0.25, 0.3) is 0 Å². The summed E-state index contributed by atoms with van der Waals surface area (Å²) in [5, 5.41) is 4.92. The van der Waals surface area contributed by atoms with E-state index in [0.29, 0.717) is 10.7 Å². The summed E-state index contributed by atoms with van der Waals surface area (Å²) in [4.78, 5) is 11.2. The van der Waals surface area contributed by atoms with Crippen LogP contribution in [0.2, 0.25) is 5.02 Å². The Balaban J connectivity index is 2.31. The number of carbonyl (C=O) groups is 1. The van der Waals surface area contributed by atoms with Gasteiger partial charge >= 0.3 is 0 Å². The van der Waals surface area contributed by atoms with E-state index in [1.807, 2.05) is 48.2 Å². The van der Waals surface area contributed by atoms with E-state index in [0.717, 1.165) is 22.6 Å². The van der Waals surface area contributed by atoms with E-state index in [-0.39, 0.29) is 5.91 Å². The molecule has 0 spiro atoms. The van der Waals surface area contributed by atoms with Gasteiger partial charge in [0, 0.05) is 28.8 Å². The van der Waals surface area contributed by atoms with Crippen LogP contribution < -0.4 is 5.43 Å². The summed E-state index contributed by atoms with van der Waals surface area (Å²) in [5.41, 5.74) is 6.36. The molecule has 0 aliphatic rings. The highest BCUT2D eigenvalue weighted by Gasteiger charge is 2.08. The third-order valence-electron chi connectivity index (χ3n) is 3.14. The zero-order chi connectivity index (χ0) is 16.7. The Bertz CT molecular complexity index is 681. The highest BCUT2D eigenvalue weighted by Crippen LogP contribution is 2.17. The second-order valence-corrected chi connectivity index (χ2v) is 6.68. The van der Waals surface area contributed by atoms with Crippen molar-refractivity contribution in [3.8, 4) is 0 Å². The van der Waals surface area contributed by atoms with Crippen LogP contribution in [0.5, 0.6) is 0 Å². The molecule has 2 aromatic rings. The highest BCUT2D eigenvalue weighted by atomic mass is 35.5. The molecular weight excluding hydrogens is 328 g/mol. The summed E-state index contributed by atoms with van der Waals surface area (Å²) in [7, 11) is 0. The molecule has 0 radical (unpaired) electrons. The molecule has 0 unspecified atom stereocenters. The number of thioether (sulfide) groups is 1. The lowest BCUT2D eigenvalue weighted by Gasteiger charge is -2.09. The van der Waals surface area contributed by atoms with Gasteiger partial charge in [0.2, 0.25) is 5.91 Å². The lowest BCUT2D eigenvalue weighted by atomic mass is 10.0. The van der Waals surface area contributed by atoms with Crippen LogP contribution in [0, 0.1) is 0 Å². The maximum absolute atomic E-state index is 11.2. The third kappa shape index (κ3) is 5.41. The fourth-order valence-corrected chi connectivity index (χ4v) is 2.78. The largest absolute Gasteiger partial charge is 0.274 e. The Hall–Kier alpha value is -1.78. The lowest BCUT2D eigenvalue weighted by Crippen LogP contribution is -2.17. The van der Waals surface area contributed by atoms with E-state index in [1.165, 1.54) is 12.5 Å². The summed E-state index contributed by atoms with van der Waals surface area (Å²) in [6.07, 6.45) is 0. The topological polar surface area (TPSA) is 41.5 Å². The molecule has 120 valence electrons. The smallest absolute Gasteiger partial charge is 0.236 e. The average Bonchev–Trinajstić information content (AvgIpc) is 2.55. The monoisotopic (exact) mass is 346 g/mol. The Kier molecular flexibility index (Phi) is 6.68. The number of halogens is 1. The normalized spacial score (nSPS) is 11.3. The van der Waals surface area contributed by atoms with Crippen LogP contribution in [-0.4, -0.2) is 17.4 Å². The van der Waals surface area contributed by atoms with Gasteiger partial charge in [0.15, 0.2) is 0 Å². The van der Waals surface area contributed by atoms with Crippen LogP contribution in [0.4, 0.5) is 0 Å². The molecule has 5 heteroatoms. The van der Waals surface area contributed by atoms with Crippen LogP contribution in [-0.2, 0) is 10.5 Å². The van der Waals surface area contributed by atoms with Gasteiger partial charge < -0.3 is 0 Å². The average molecular weight is 347 g/mol. The van der Waals surface area contributed by atoms with Crippen LogP contribution >= 0.6 is 23.4 Å². The maximum atomic E-state index is 11.2. The molecule has 0 saturated carbocycles. The van der Waals surface area contributed by atoms with Crippen LogP contribution in [0.15, 0.2) is 53.6 Å². The predicted molar refractivity (Wildman–Crippen MR) is 99.2 cm³/mol. The van der Waals surface area contributed by atoms with Gasteiger partial charge in [0.25, 0.3) is 0 Å². The fraction of sp³-hybridized carbons (Fsp3) is 0.222. The standard InChI is InChI=1S/C18H19ClN2OS/c1-3-23-12-14-4-6-15(7-5-14)18(21-20-13(2)22)16-8-10-17(19)11-9-16/h4-11H,3,12H2,1-2H3,(H,20,22). The number of amides is 1. The number of carbonyl (C=O) groups excluding carboxylic acids is 1. The molecule has 0 bridgehead atoms. The maximum Gasteiger partial charge on any atom is 0.236 e. The lowest BCUT2D eigenvalue weighted by molar-refractivity contribution is -0.118. The van der Waals surface area contributed by atoms with Crippen molar-refractivity contribution >= 4 is 35.0 Å². The molecule has 0 saturated heterocycles. The quantitative estimate of drug-likeness (QED) is 0.618. The summed E-state index contributed by atoms with van der Waals surface area (Å²) < 4.78 is 0. The predicted octanol–water partition coefficient (Wildman–Crippen LogP) is 4.48. The number of benzene rings is 2. The first-order valence-electron chi connectivity index (χ1n) is 7.37. The summed E-state index contributed by atoms with van der Waals surface area (Å²) in [6, 6.07) is 15.7. The minimum atomic E-state index is -0.201. The third-order valence-corrected chi connectivity index (χ3v) is 4.34. The molecule has 0 heterocycles. The molecule has 2 rings (SSSR count). The molecule has 0 atom stereocenters. The van der Waals surface area contributed by atoms with Crippen molar-refractivity contribution in [1.82, 2.24) is 5.43 Å². The summed E-state index contributed by atoms with van der Waals surface area (Å²) in [5.74, 6) is 1.89. The first-order chi connectivity index (χ1) is 11.1. The molecule has 2 aromatic carbocycles. The number of nitrogens with one attached hydrogen (secondary N) is 1. The van der Waals surface area contributed by atoms with Crippen LogP contribution in [0.3, 0.4) is 0 Å². The second-order valence-electron chi connectivity index (χ2n) is 4.97. The highest BCUT2D eigenvalue weighted by molar-refractivity contribution is 7.98. The molecule has 0 aromatic heterocycles. The molecule has 1 N–H and O–H groups in total. The SMILES string of the molecule is CCSCc1ccc(C(=NNC(C)=O)c2ccc(Cl)cc2)cc1. The van der Waals surface area contributed by atoms with Gasteiger partial charge in [0.1, 0.15) is 0 Å². The number of hydrazone groups is 1. The summed E-state index contributed by atoms with van der Waals surface area (Å²) in [6.45, 7) is 3.59. The van der Waals surface area contributed by atoms with E-state index in [4.69, 9.17) is 11.6 Å². The number of nitrogens with zero attached hydrogens (tertiary/aromatic N) is 1. The molecule has 0 aliphatic heterocycles. The van der Waals surface area contributed by atoms with Gasteiger partial charge in [0.05, 0.1) is 5.71 Å². The molecule has 0 aliphatic carbocycles. The zero-order valence-corrected chi connectivity index (χ0v) is 14.7. The summed E-state index contributed by atoms with van der Waals surface area (Å²) >= 11 is 7.83. The van der Waals surface area contributed by atoms with E-state index in [2.05, 4.69) is 29.6 Å². The van der Waals surface area contributed by atoms with Gasteiger partial charge in [-0.25, -0.2) is 5.43 Å². The van der Waals surface area contributed by atoms with Gasteiger partial charge in [-0.05, 0) is 23.4 Å². The van der Waals surface area contributed by atoms with Gasteiger partial charge in [-0.2, -0.15) is 16.9 Å². The van der Waals surface area contributed by atoms with Gasteiger partial charge in [-0.3, -0.25) is 4.79 Å². The molecule has 0 fully saturated rings. The second kappa shape index (κ2) is 8.75.